The minimum atomic E-state index is -0.748. The van der Waals surface area contributed by atoms with Gasteiger partial charge in [-0.3, -0.25) is 4.79 Å². The number of carbonyl (C=O) groups is 1. The number of hydrogen-bond donors (Lipinski definition) is 0. The average molecular weight is 230 g/mol. The smallest absolute Gasteiger partial charge is 0.191 e. The van der Waals surface area contributed by atoms with E-state index >= 15 is 0 Å². The second-order valence-electron chi connectivity index (χ2n) is 3.09. The quantitative estimate of drug-likeness (QED) is 0.552. The first kappa shape index (κ1) is 12.7. The second-order valence-corrected chi connectivity index (χ2v) is 3.09. The number of carbonyl (C=O) groups excluding carboxylic acids is 1. The zero-order valence-corrected chi connectivity index (χ0v) is 8.83. The molecular formula is C11H12F2O3. The molecule has 0 fully saturated rings. The van der Waals surface area contributed by atoms with Crippen LogP contribution >= 0.6 is 0 Å². The van der Waals surface area contributed by atoms with E-state index in [1.165, 1.54) is 7.11 Å². The Labute approximate surface area is 92.0 Å². The van der Waals surface area contributed by atoms with Gasteiger partial charge in [-0.1, -0.05) is 0 Å². The van der Waals surface area contributed by atoms with Crippen LogP contribution in [0.1, 0.15) is 10.4 Å². The summed E-state index contributed by atoms with van der Waals surface area (Å²) in [5.74, 6) is -1.99. The van der Waals surface area contributed by atoms with E-state index in [-0.39, 0.29) is 18.8 Å². The topological polar surface area (TPSA) is 35.5 Å². The molecule has 88 valence electrons. The lowest BCUT2D eigenvalue weighted by atomic mass is 10.1. The Morgan fingerprint density at radius 2 is 2.06 bits per heavy atom. The summed E-state index contributed by atoms with van der Waals surface area (Å²) in [6, 6.07) is 2.73. The van der Waals surface area contributed by atoms with Gasteiger partial charge >= 0.3 is 0 Å². The molecule has 0 aliphatic carbocycles. The van der Waals surface area contributed by atoms with Crippen molar-refractivity contribution in [1.29, 1.82) is 0 Å². The van der Waals surface area contributed by atoms with Gasteiger partial charge in [-0.05, 0) is 18.2 Å². The molecular weight excluding hydrogens is 218 g/mol. The Bertz CT molecular complexity index is 366. The number of methoxy groups -OCH3 is 1. The third-order valence-electron chi connectivity index (χ3n) is 1.89. The maximum atomic E-state index is 13.1. The number of Topliss-reactive ketones (excluding diaryl/α,β-unsaturated/α-hetero) is 1. The molecule has 0 amide bonds. The number of rotatable bonds is 6. The molecule has 0 N–H and O–H groups in total. The Kier molecular flexibility index (Phi) is 5.01. The van der Waals surface area contributed by atoms with E-state index in [2.05, 4.69) is 0 Å². The summed E-state index contributed by atoms with van der Waals surface area (Å²) < 4.78 is 35.5. The van der Waals surface area contributed by atoms with Crippen LogP contribution in [-0.2, 0) is 9.47 Å². The zero-order chi connectivity index (χ0) is 12.0. The van der Waals surface area contributed by atoms with Crippen molar-refractivity contribution in [2.75, 3.05) is 26.9 Å². The number of hydrogen-bond acceptors (Lipinski definition) is 3. The maximum absolute atomic E-state index is 13.1. The van der Waals surface area contributed by atoms with Crippen molar-refractivity contribution in [3.8, 4) is 0 Å². The van der Waals surface area contributed by atoms with E-state index < -0.39 is 17.4 Å². The molecule has 1 aromatic rings. The molecule has 1 aromatic carbocycles. The molecule has 0 bridgehead atoms. The molecule has 0 atom stereocenters. The van der Waals surface area contributed by atoms with Gasteiger partial charge in [0.05, 0.1) is 18.8 Å². The monoisotopic (exact) mass is 230 g/mol. The van der Waals surface area contributed by atoms with E-state index in [1.807, 2.05) is 0 Å². The van der Waals surface area contributed by atoms with E-state index in [0.29, 0.717) is 6.61 Å². The predicted molar refractivity (Wildman–Crippen MR) is 53.4 cm³/mol. The number of halogens is 2. The van der Waals surface area contributed by atoms with Crippen LogP contribution in [0.15, 0.2) is 18.2 Å². The van der Waals surface area contributed by atoms with E-state index in [0.717, 1.165) is 18.2 Å². The molecule has 0 saturated heterocycles. The third-order valence-corrected chi connectivity index (χ3v) is 1.89. The van der Waals surface area contributed by atoms with E-state index in [9.17, 15) is 13.6 Å². The maximum Gasteiger partial charge on any atom is 0.191 e. The largest absolute Gasteiger partial charge is 0.382 e. The number of benzene rings is 1. The summed E-state index contributed by atoms with van der Waals surface area (Å²) in [6.07, 6.45) is 0. The lowest BCUT2D eigenvalue weighted by Gasteiger charge is -2.04. The van der Waals surface area contributed by atoms with Crippen LogP contribution in [-0.4, -0.2) is 32.7 Å². The fourth-order valence-corrected chi connectivity index (χ4v) is 1.10. The highest BCUT2D eigenvalue weighted by Crippen LogP contribution is 2.10. The highest BCUT2D eigenvalue weighted by molar-refractivity contribution is 5.97. The summed E-state index contributed by atoms with van der Waals surface area (Å²) in [5, 5.41) is 0. The fourth-order valence-electron chi connectivity index (χ4n) is 1.10. The van der Waals surface area contributed by atoms with Gasteiger partial charge in [-0.15, -0.1) is 0 Å². The van der Waals surface area contributed by atoms with Crippen molar-refractivity contribution in [2.24, 2.45) is 0 Å². The second kappa shape index (κ2) is 6.30. The highest BCUT2D eigenvalue weighted by atomic mass is 19.1. The molecule has 0 saturated carbocycles. The first-order valence-corrected chi connectivity index (χ1v) is 4.70. The Hall–Kier alpha value is -1.33. The molecule has 16 heavy (non-hydrogen) atoms. The summed E-state index contributed by atoms with van der Waals surface area (Å²) >= 11 is 0. The Morgan fingerprint density at radius 1 is 1.31 bits per heavy atom. The van der Waals surface area contributed by atoms with E-state index in [4.69, 9.17) is 9.47 Å². The summed E-state index contributed by atoms with van der Waals surface area (Å²) in [6.45, 7) is 0.293. The fraction of sp³-hybridized carbons (Fsp3) is 0.364. The van der Waals surface area contributed by atoms with Crippen LogP contribution in [0.25, 0.3) is 0 Å². The molecule has 0 spiro atoms. The zero-order valence-electron chi connectivity index (χ0n) is 8.83. The SMILES string of the molecule is COCCOCC(=O)c1cc(F)ccc1F. The van der Waals surface area contributed by atoms with Gasteiger partial charge in [0.2, 0.25) is 0 Å². The first-order chi connectivity index (χ1) is 7.65. The van der Waals surface area contributed by atoms with Crippen LogP contribution in [0.5, 0.6) is 0 Å². The van der Waals surface area contributed by atoms with Gasteiger partial charge in [0, 0.05) is 7.11 Å². The molecule has 3 nitrogen and oxygen atoms in total. The van der Waals surface area contributed by atoms with Gasteiger partial charge in [-0.2, -0.15) is 0 Å². The first-order valence-electron chi connectivity index (χ1n) is 4.70. The van der Waals surface area contributed by atoms with Crippen molar-refractivity contribution >= 4 is 5.78 Å². The Morgan fingerprint density at radius 3 is 2.75 bits per heavy atom. The standard InChI is InChI=1S/C11H12F2O3/c1-15-4-5-16-7-11(14)9-6-8(12)2-3-10(9)13/h2-3,6H,4-5,7H2,1H3. The molecule has 1 rings (SSSR count). The molecule has 0 radical (unpaired) electrons. The van der Waals surface area contributed by atoms with E-state index in [1.54, 1.807) is 0 Å². The number of ketones is 1. The lowest BCUT2D eigenvalue weighted by Crippen LogP contribution is -2.13. The summed E-state index contributed by atoms with van der Waals surface area (Å²) in [4.78, 5) is 11.4. The normalized spacial score (nSPS) is 10.4. The van der Waals surface area contributed by atoms with Crippen molar-refractivity contribution in [3.63, 3.8) is 0 Å². The molecule has 5 heteroatoms. The minimum absolute atomic E-state index is 0.235. The molecule has 0 unspecified atom stereocenters. The van der Waals surface area contributed by atoms with Crippen LogP contribution in [0.2, 0.25) is 0 Å². The number of ether oxygens (including phenoxy) is 2. The average Bonchev–Trinajstić information content (AvgIpc) is 2.27. The van der Waals surface area contributed by atoms with Crippen LogP contribution < -0.4 is 0 Å². The van der Waals surface area contributed by atoms with Crippen molar-refractivity contribution in [3.05, 3.63) is 35.4 Å². The molecule has 0 aromatic heterocycles. The molecule has 0 aliphatic rings. The Balaban J connectivity index is 2.55. The van der Waals surface area contributed by atoms with Gasteiger partial charge in [-0.25, -0.2) is 8.78 Å². The van der Waals surface area contributed by atoms with Crippen molar-refractivity contribution in [2.45, 2.75) is 0 Å². The van der Waals surface area contributed by atoms with Gasteiger partial charge in [0.15, 0.2) is 5.78 Å². The van der Waals surface area contributed by atoms with Gasteiger partial charge < -0.3 is 9.47 Å². The highest BCUT2D eigenvalue weighted by Gasteiger charge is 2.12. The van der Waals surface area contributed by atoms with Crippen LogP contribution in [0.3, 0.4) is 0 Å². The van der Waals surface area contributed by atoms with Gasteiger partial charge in [0.1, 0.15) is 18.2 Å². The van der Waals surface area contributed by atoms with Crippen molar-refractivity contribution in [1.82, 2.24) is 0 Å². The lowest BCUT2D eigenvalue weighted by molar-refractivity contribution is 0.0574. The summed E-state index contributed by atoms with van der Waals surface area (Å²) in [5.41, 5.74) is -0.294. The van der Waals surface area contributed by atoms with Crippen molar-refractivity contribution < 1.29 is 23.0 Å². The predicted octanol–water partition coefficient (Wildman–Crippen LogP) is 1.81. The third kappa shape index (κ3) is 3.67. The minimum Gasteiger partial charge on any atom is -0.382 e. The summed E-state index contributed by atoms with van der Waals surface area (Å²) in [7, 11) is 1.50. The molecule has 0 heterocycles. The van der Waals surface area contributed by atoms with Crippen LogP contribution in [0.4, 0.5) is 8.78 Å². The van der Waals surface area contributed by atoms with Crippen LogP contribution in [0, 0.1) is 11.6 Å². The molecule has 0 aliphatic heterocycles. The van der Waals surface area contributed by atoms with Gasteiger partial charge in [0.25, 0.3) is 0 Å².